The number of nitrogens with zero attached hydrogens (tertiary/aromatic N) is 1. The summed E-state index contributed by atoms with van der Waals surface area (Å²) in [5.41, 5.74) is 1.80. The summed E-state index contributed by atoms with van der Waals surface area (Å²) in [5.74, 6) is 5.32. The van der Waals surface area contributed by atoms with Gasteiger partial charge in [0.15, 0.2) is 0 Å². The van der Waals surface area contributed by atoms with E-state index in [0.29, 0.717) is 0 Å². The maximum atomic E-state index is 5.32. The van der Waals surface area contributed by atoms with Gasteiger partial charge in [-0.15, -0.1) is 0 Å². The molecule has 2 N–H and O–H groups in total. The first-order valence-electron chi connectivity index (χ1n) is 4.99. The number of para-hydroxylation sites is 1. The van der Waals surface area contributed by atoms with Gasteiger partial charge in [-0.25, -0.2) is 5.90 Å². The van der Waals surface area contributed by atoms with Crippen molar-refractivity contribution in [2.75, 3.05) is 0 Å². The minimum atomic E-state index is -0.465. The molecule has 0 radical (unpaired) electrons. The highest BCUT2D eigenvalue weighted by molar-refractivity contribution is 5.81. The summed E-state index contributed by atoms with van der Waals surface area (Å²) in [6.07, 6.45) is 0. The van der Waals surface area contributed by atoms with Crippen molar-refractivity contribution in [3.05, 3.63) is 36.0 Å². The average Bonchev–Trinajstić information content (AvgIpc) is 2.58. The molecule has 3 heteroatoms. The lowest BCUT2D eigenvalue weighted by molar-refractivity contribution is -0.0284. The van der Waals surface area contributed by atoms with Crippen LogP contribution < -0.4 is 5.90 Å². The summed E-state index contributed by atoms with van der Waals surface area (Å²) in [6.45, 7) is 3.92. The summed E-state index contributed by atoms with van der Waals surface area (Å²) in [6, 6.07) is 10.4. The lowest BCUT2D eigenvalue weighted by atomic mass is 10.1. The van der Waals surface area contributed by atoms with Crippen LogP contribution in [-0.2, 0) is 17.5 Å². The molecule has 3 nitrogen and oxygen atoms in total. The van der Waals surface area contributed by atoms with E-state index < -0.39 is 5.60 Å². The van der Waals surface area contributed by atoms with Crippen LogP contribution in [0.15, 0.2) is 30.3 Å². The predicted octanol–water partition coefficient (Wildman–Crippen LogP) is 2.30. The summed E-state index contributed by atoms with van der Waals surface area (Å²) in [5, 5.41) is 1.21. The van der Waals surface area contributed by atoms with Crippen LogP contribution in [0.5, 0.6) is 0 Å². The lowest BCUT2D eigenvalue weighted by Crippen LogP contribution is -2.27. The Morgan fingerprint density at radius 3 is 2.53 bits per heavy atom. The molecule has 1 aromatic heterocycles. The van der Waals surface area contributed by atoms with Gasteiger partial charge in [0.25, 0.3) is 0 Å². The fourth-order valence-corrected chi connectivity index (χ4v) is 1.93. The van der Waals surface area contributed by atoms with Crippen molar-refractivity contribution >= 4 is 10.9 Å². The van der Waals surface area contributed by atoms with Crippen molar-refractivity contribution in [2.45, 2.75) is 19.4 Å². The molecule has 2 rings (SSSR count). The average molecular weight is 204 g/mol. The molecular weight excluding hydrogens is 188 g/mol. The molecule has 1 aromatic carbocycles. The SMILES string of the molecule is Cn1c(C(C)(C)ON)cc2ccccc21. The molecule has 2 aromatic rings. The van der Waals surface area contributed by atoms with E-state index in [-0.39, 0.29) is 0 Å². The Morgan fingerprint density at radius 1 is 1.27 bits per heavy atom. The first kappa shape index (κ1) is 10.2. The topological polar surface area (TPSA) is 40.2 Å². The molecule has 0 aliphatic rings. The fraction of sp³-hybridized carbons (Fsp3) is 0.333. The van der Waals surface area contributed by atoms with Crippen LogP contribution in [-0.4, -0.2) is 4.57 Å². The second-order valence-corrected chi connectivity index (χ2v) is 4.28. The molecule has 0 aliphatic carbocycles. The highest BCUT2D eigenvalue weighted by Crippen LogP contribution is 2.28. The Hall–Kier alpha value is -1.32. The first-order valence-corrected chi connectivity index (χ1v) is 4.99. The Kier molecular flexibility index (Phi) is 2.29. The summed E-state index contributed by atoms with van der Waals surface area (Å²) in [7, 11) is 2.03. The van der Waals surface area contributed by atoms with Gasteiger partial charge in [0, 0.05) is 12.6 Å². The van der Waals surface area contributed by atoms with Gasteiger partial charge in [0.05, 0.1) is 5.69 Å². The Balaban J connectivity index is 2.68. The largest absolute Gasteiger partial charge is 0.345 e. The molecule has 0 unspecified atom stereocenters. The highest BCUT2D eigenvalue weighted by atomic mass is 16.6. The number of fused-ring (bicyclic) bond motifs is 1. The smallest absolute Gasteiger partial charge is 0.123 e. The van der Waals surface area contributed by atoms with Gasteiger partial charge in [-0.2, -0.15) is 0 Å². The zero-order chi connectivity index (χ0) is 11.1. The number of hydrogen-bond donors (Lipinski definition) is 1. The van der Waals surface area contributed by atoms with Crippen molar-refractivity contribution in [1.29, 1.82) is 0 Å². The Labute approximate surface area is 89.4 Å². The zero-order valence-corrected chi connectivity index (χ0v) is 9.32. The molecular formula is C12H16N2O. The third-order valence-corrected chi connectivity index (χ3v) is 2.86. The van der Waals surface area contributed by atoms with Gasteiger partial charge in [-0.3, -0.25) is 4.84 Å². The van der Waals surface area contributed by atoms with Crippen LogP contribution >= 0.6 is 0 Å². The maximum absolute atomic E-state index is 5.32. The van der Waals surface area contributed by atoms with Crippen LogP contribution in [0.4, 0.5) is 0 Å². The molecule has 0 amide bonds. The van der Waals surface area contributed by atoms with E-state index in [1.54, 1.807) is 0 Å². The van der Waals surface area contributed by atoms with Gasteiger partial charge in [-0.05, 0) is 31.4 Å². The van der Waals surface area contributed by atoms with E-state index in [0.717, 1.165) is 5.69 Å². The van der Waals surface area contributed by atoms with E-state index in [9.17, 15) is 0 Å². The van der Waals surface area contributed by atoms with E-state index in [2.05, 4.69) is 22.8 Å². The number of benzene rings is 1. The Morgan fingerprint density at radius 2 is 1.93 bits per heavy atom. The molecule has 0 spiro atoms. The number of aryl methyl sites for hydroxylation is 1. The molecule has 0 aliphatic heterocycles. The van der Waals surface area contributed by atoms with Gasteiger partial charge in [-0.1, -0.05) is 18.2 Å². The summed E-state index contributed by atoms with van der Waals surface area (Å²) >= 11 is 0. The van der Waals surface area contributed by atoms with E-state index >= 15 is 0 Å². The molecule has 15 heavy (non-hydrogen) atoms. The predicted molar refractivity (Wildman–Crippen MR) is 61.2 cm³/mol. The van der Waals surface area contributed by atoms with Crippen molar-refractivity contribution in [3.63, 3.8) is 0 Å². The normalized spacial score (nSPS) is 12.3. The second kappa shape index (κ2) is 3.36. The van der Waals surface area contributed by atoms with Gasteiger partial charge in [0.1, 0.15) is 5.60 Å². The summed E-state index contributed by atoms with van der Waals surface area (Å²) in [4.78, 5) is 5.01. The van der Waals surface area contributed by atoms with Crippen molar-refractivity contribution in [1.82, 2.24) is 4.57 Å². The molecule has 0 saturated heterocycles. The number of rotatable bonds is 2. The number of aromatic nitrogens is 1. The summed E-state index contributed by atoms with van der Waals surface area (Å²) < 4.78 is 2.11. The van der Waals surface area contributed by atoms with E-state index in [4.69, 9.17) is 10.7 Å². The van der Waals surface area contributed by atoms with Crippen molar-refractivity contribution in [2.24, 2.45) is 12.9 Å². The lowest BCUT2D eigenvalue weighted by Gasteiger charge is -2.22. The molecule has 1 heterocycles. The highest BCUT2D eigenvalue weighted by Gasteiger charge is 2.24. The molecule has 0 saturated carbocycles. The minimum absolute atomic E-state index is 0.465. The first-order chi connectivity index (χ1) is 7.06. The number of hydrogen-bond acceptors (Lipinski definition) is 2. The van der Waals surface area contributed by atoms with E-state index in [1.165, 1.54) is 10.9 Å². The monoisotopic (exact) mass is 204 g/mol. The Bertz CT molecular complexity index is 485. The standard InChI is InChI=1S/C12H16N2O/c1-12(2,15-13)11-8-9-6-4-5-7-10(9)14(11)3/h4-8H,13H2,1-3H3. The third-order valence-electron chi connectivity index (χ3n) is 2.86. The van der Waals surface area contributed by atoms with E-state index in [1.807, 2.05) is 33.0 Å². The molecule has 0 bridgehead atoms. The maximum Gasteiger partial charge on any atom is 0.123 e. The van der Waals surface area contributed by atoms with Crippen LogP contribution in [0.25, 0.3) is 10.9 Å². The number of nitrogens with two attached hydrogens (primary N) is 1. The van der Waals surface area contributed by atoms with Crippen LogP contribution in [0.1, 0.15) is 19.5 Å². The van der Waals surface area contributed by atoms with Crippen molar-refractivity contribution < 1.29 is 4.84 Å². The molecule has 0 fully saturated rings. The van der Waals surface area contributed by atoms with Gasteiger partial charge >= 0.3 is 0 Å². The third kappa shape index (κ3) is 1.54. The van der Waals surface area contributed by atoms with Gasteiger partial charge < -0.3 is 4.57 Å². The van der Waals surface area contributed by atoms with Crippen molar-refractivity contribution in [3.8, 4) is 0 Å². The minimum Gasteiger partial charge on any atom is -0.345 e. The molecule has 80 valence electrons. The van der Waals surface area contributed by atoms with Crippen LogP contribution in [0.3, 0.4) is 0 Å². The van der Waals surface area contributed by atoms with Crippen LogP contribution in [0, 0.1) is 0 Å². The second-order valence-electron chi connectivity index (χ2n) is 4.28. The van der Waals surface area contributed by atoms with Gasteiger partial charge in [0.2, 0.25) is 0 Å². The molecule has 0 atom stereocenters. The fourth-order valence-electron chi connectivity index (χ4n) is 1.93. The quantitative estimate of drug-likeness (QED) is 0.762. The van der Waals surface area contributed by atoms with Crippen LogP contribution in [0.2, 0.25) is 0 Å². The zero-order valence-electron chi connectivity index (χ0n) is 9.32.